The molecule has 2 aliphatic carbocycles. The summed E-state index contributed by atoms with van der Waals surface area (Å²) < 4.78 is 0. The van der Waals surface area contributed by atoms with E-state index in [2.05, 4.69) is 34.5 Å². The Morgan fingerprint density at radius 1 is 0.688 bits per heavy atom. The molecule has 0 aromatic heterocycles. The molecule has 0 unspecified atom stereocenters. The Morgan fingerprint density at radius 3 is 1.31 bits per heavy atom. The van der Waals surface area contributed by atoms with Crippen LogP contribution in [0.1, 0.15) is 13.8 Å². The van der Waals surface area contributed by atoms with E-state index >= 15 is 0 Å². The van der Waals surface area contributed by atoms with Crippen LogP contribution in [0.2, 0.25) is 0 Å². The van der Waals surface area contributed by atoms with Crippen LogP contribution in [0, 0.1) is 11.8 Å². The summed E-state index contributed by atoms with van der Waals surface area (Å²) >= 11 is 0. The highest BCUT2D eigenvalue weighted by Gasteiger charge is 2.09. The Morgan fingerprint density at radius 2 is 1.00 bits per heavy atom. The fourth-order valence-corrected chi connectivity index (χ4v) is 1.71. The van der Waals surface area contributed by atoms with E-state index in [-0.39, 0.29) is 0 Å². The van der Waals surface area contributed by atoms with Crippen LogP contribution in [0.4, 0.5) is 0 Å². The van der Waals surface area contributed by atoms with Crippen molar-refractivity contribution in [1.82, 2.24) is 0 Å². The lowest BCUT2D eigenvalue weighted by atomic mass is 10.1. The predicted molar refractivity (Wildman–Crippen MR) is 69.8 cm³/mol. The fourth-order valence-electron chi connectivity index (χ4n) is 1.71. The van der Waals surface area contributed by atoms with Gasteiger partial charge < -0.3 is 0 Å². The average molecular weight is 212 g/mol. The third kappa shape index (κ3) is 2.45. The summed E-state index contributed by atoms with van der Waals surface area (Å²) in [5.41, 5.74) is 2.07. The van der Waals surface area contributed by atoms with Crippen molar-refractivity contribution in [3.05, 3.63) is 48.6 Å². The van der Waals surface area contributed by atoms with Gasteiger partial charge in [-0.3, -0.25) is 0 Å². The van der Waals surface area contributed by atoms with Crippen LogP contribution in [-0.4, -0.2) is 11.4 Å². The molecule has 82 valence electrons. The first-order valence-electron chi connectivity index (χ1n) is 5.56. The summed E-state index contributed by atoms with van der Waals surface area (Å²) in [6.45, 7) is 4.03. The Kier molecular flexibility index (Phi) is 3.30. The van der Waals surface area contributed by atoms with Crippen molar-refractivity contribution in [2.45, 2.75) is 13.8 Å². The molecule has 0 aromatic carbocycles. The zero-order chi connectivity index (χ0) is 11.4. The minimum absolute atomic E-state index is 0.325. The largest absolute Gasteiger partial charge is 0.160 e. The van der Waals surface area contributed by atoms with Gasteiger partial charge in [0.1, 0.15) is 0 Å². The van der Waals surface area contributed by atoms with Crippen LogP contribution in [0.3, 0.4) is 0 Å². The van der Waals surface area contributed by atoms with Crippen molar-refractivity contribution < 1.29 is 0 Å². The van der Waals surface area contributed by atoms with E-state index < -0.39 is 0 Å². The molecule has 0 heterocycles. The van der Waals surface area contributed by atoms with Gasteiger partial charge in [0.2, 0.25) is 0 Å². The van der Waals surface area contributed by atoms with E-state index in [1.54, 1.807) is 0 Å². The number of nitrogens with zero attached hydrogens (tertiary/aromatic N) is 2. The molecule has 2 nitrogen and oxygen atoms in total. The minimum Gasteiger partial charge on any atom is -0.160 e. The second-order valence-electron chi connectivity index (χ2n) is 4.07. The van der Waals surface area contributed by atoms with Gasteiger partial charge in [0.25, 0.3) is 0 Å². The molecule has 16 heavy (non-hydrogen) atoms. The second kappa shape index (κ2) is 4.88. The van der Waals surface area contributed by atoms with Gasteiger partial charge in [-0.1, -0.05) is 48.6 Å². The Balaban J connectivity index is 2.03. The second-order valence-corrected chi connectivity index (χ2v) is 4.07. The van der Waals surface area contributed by atoms with Crippen molar-refractivity contribution in [1.29, 1.82) is 0 Å². The topological polar surface area (TPSA) is 24.7 Å². The molecule has 0 aliphatic heterocycles. The minimum atomic E-state index is 0.325. The highest BCUT2D eigenvalue weighted by molar-refractivity contribution is 5.91. The van der Waals surface area contributed by atoms with Crippen molar-refractivity contribution in [2.24, 2.45) is 22.0 Å². The van der Waals surface area contributed by atoms with Crippen molar-refractivity contribution >= 4 is 11.4 Å². The number of allylic oxidation sites excluding steroid dienone is 8. The lowest BCUT2D eigenvalue weighted by Gasteiger charge is -2.04. The molecular weight excluding hydrogens is 196 g/mol. The van der Waals surface area contributed by atoms with E-state index in [9.17, 15) is 0 Å². The van der Waals surface area contributed by atoms with Gasteiger partial charge in [-0.05, 0) is 13.8 Å². The van der Waals surface area contributed by atoms with E-state index in [1.165, 1.54) is 0 Å². The SMILES string of the molecule is C/C(=N\N=C(/C)C1C=CC=C1)C1C=CC=C1. The lowest BCUT2D eigenvalue weighted by Crippen LogP contribution is -2.06. The molecule has 2 aliphatic rings. The van der Waals surface area contributed by atoms with Crippen LogP contribution in [-0.2, 0) is 0 Å². The smallest absolute Gasteiger partial charge is 0.0481 e. The van der Waals surface area contributed by atoms with Gasteiger partial charge >= 0.3 is 0 Å². The molecule has 0 N–H and O–H groups in total. The maximum atomic E-state index is 4.28. The Labute approximate surface area is 96.5 Å². The van der Waals surface area contributed by atoms with Crippen molar-refractivity contribution in [3.63, 3.8) is 0 Å². The van der Waals surface area contributed by atoms with Crippen LogP contribution in [0.25, 0.3) is 0 Å². The first-order valence-corrected chi connectivity index (χ1v) is 5.56. The van der Waals surface area contributed by atoms with Gasteiger partial charge in [-0.25, -0.2) is 0 Å². The van der Waals surface area contributed by atoms with Crippen molar-refractivity contribution in [2.75, 3.05) is 0 Å². The van der Waals surface area contributed by atoms with E-state index in [4.69, 9.17) is 0 Å². The lowest BCUT2D eigenvalue weighted by molar-refractivity contribution is 1.05. The van der Waals surface area contributed by atoms with Gasteiger partial charge in [0.05, 0.1) is 0 Å². The molecule has 2 rings (SSSR count). The quantitative estimate of drug-likeness (QED) is 0.506. The molecule has 0 saturated heterocycles. The molecule has 0 aromatic rings. The zero-order valence-corrected chi connectivity index (χ0v) is 9.67. The fraction of sp³-hybridized carbons (Fsp3) is 0.286. The molecular formula is C14H16N2. The van der Waals surface area contributed by atoms with Crippen LogP contribution in [0.15, 0.2) is 58.8 Å². The summed E-state index contributed by atoms with van der Waals surface area (Å²) in [6.07, 6.45) is 16.7. The number of hydrogen-bond acceptors (Lipinski definition) is 2. The molecule has 2 heteroatoms. The van der Waals surface area contributed by atoms with E-state index in [0.29, 0.717) is 11.8 Å². The maximum Gasteiger partial charge on any atom is 0.0481 e. The Hall–Kier alpha value is -1.70. The van der Waals surface area contributed by atoms with Gasteiger partial charge in [-0.15, -0.1) is 0 Å². The maximum absolute atomic E-state index is 4.28. The molecule has 0 bridgehead atoms. The monoisotopic (exact) mass is 212 g/mol. The molecule has 0 amide bonds. The Bertz CT molecular complexity index is 368. The summed E-state index contributed by atoms with van der Waals surface area (Å²) in [7, 11) is 0. The molecule has 0 fully saturated rings. The average Bonchev–Trinajstić information content (AvgIpc) is 2.95. The van der Waals surface area contributed by atoms with E-state index in [0.717, 1.165) is 11.4 Å². The third-order valence-electron chi connectivity index (χ3n) is 2.83. The molecule has 0 atom stereocenters. The first kappa shape index (κ1) is 10.8. The van der Waals surface area contributed by atoms with Gasteiger partial charge in [0.15, 0.2) is 0 Å². The van der Waals surface area contributed by atoms with Gasteiger partial charge in [-0.2, -0.15) is 10.2 Å². The van der Waals surface area contributed by atoms with Crippen molar-refractivity contribution in [3.8, 4) is 0 Å². The number of rotatable bonds is 3. The molecule has 0 saturated carbocycles. The summed E-state index contributed by atoms with van der Waals surface area (Å²) in [5, 5.41) is 8.57. The zero-order valence-electron chi connectivity index (χ0n) is 9.67. The van der Waals surface area contributed by atoms with E-state index in [1.807, 2.05) is 38.2 Å². The highest BCUT2D eigenvalue weighted by Crippen LogP contribution is 2.13. The van der Waals surface area contributed by atoms with Crippen LogP contribution in [0.5, 0.6) is 0 Å². The molecule has 0 radical (unpaired) electrons. The number of hydrogen-bond donors (Lipinski definition) is 0. The normalized spacial score (nSPS) is 21.6. The first-order chi connectivity index (χ1) is 7.77. The summed E-state index contributed by atoms with van der Waals surface area (Å²) in [4.78, 5) is 0. The standard InChI is InChI=1S/C14H16N2/c1-11(13-7-3-4-8-13)15-16-12(2)14-9-5-6-10-14/h3-10,13-14H,1-2H3/b15-11+,16-12+. The highest BCUT2D eigenvalue weighted by atomic mass is 15.2. The summed E-state index contributed by atoms with van der Waals surface area (Å²) in [6, 6.07) is 0. The predicted octanol–water partition coefficient (Wildman–Crippen LogP) is 3.31. The third-order valence-corrected chi connectivity index (χ3v) is 2.83. The van der Waals surface area contributed by atoms with Crippen LogP contribution >= 0.6 is 0 Å². The summed E-state index contributed by atoms with van der Waals surface area (Å²) in [5.74, 6) is 0.650. The van der Waals surface area contributed by atoms with Crippen LogP contribution < -0.4 is 0 Å². The van der Waals surface area contributed by atoms with Gasteiger partial charge in [0, 0.05) is 23.3 Å². The molecule has 0 spiro atoms.